The van der Waals surface area contributed by atoms with Gasteiger partial charge >= 0.3 is 5.97 Å². The van der Waals surface area contributed by atoms with Crippen LogP contribution < -0.4 is 5.32 Å². The monoisotopic (exact) mass is 312 g/mol. The van der Waals surface area contributed by atoms with Crippen LogP contribution in [-0.2, 0) is 9.59 Å². The van der Waals surface area contributed by atoms with Crippen LogP contribution in [0.4, 0.5) is 0 Å². The van der Waals surface area contributed by atoms with Crippen LogP contribution in [0.1, 0.15) is 58.3 Å². The van der Waals surface area contributed by atoms with Crippen molar-refractivity contribution in [3.8, 4) is 0 Å². The first-order valence-corrected chi connectivity index (χ1v) is 8.30. The largest absolute Gasteiger partial charge is 0.480 e. The Morgan fingerprint density at radius 3 is 2.41 bits per heavy atom. The van der Waals surface area contributed by atoms with Crippen molar-refractivity contribution in [3.05, 3.63) is 12.2 Å². The third-order valence-electron chi connectivity index (χ3n) is 3.56. The fraction of sp³-hybridized carbons (Fsp3) is 0.765. The SMILES string of the molecule is CCCC/C=C/CCC(=O)NCCCC[C@@H](C(=O)O)N(C)C. The number of allylic oxidation sites excluding steroid dienone is 2. The molecule has 0 bridgehead atoms. The Morgan fingerprint density at radius 1 is 1.14 bits per heavy atom. The Balaban J connectivity index is 3.60. The molecule has 0 heterocycles. The number of carboxylic acid groups (broad SMARTS) is 1. The topological polar surface area (TPSA) is 69.6 Å². The van der Waals surface area contributed by atoms with Crippen LogP contribution in [0.25, 0.3) is 0 Å². The quantitative estimate of drug-likeness (QED) is 0.405. The van der Waals surface area contributed by atoms with Gasteiger partial charge in [0.25, 0.3) is 0 Å². The zero-order valence-corrected chi connectivity index (χ0v) is 14.3. The summed E-state index contributed by atoms with van der Waals surface area (Å²) in [5.41, 5.74) is 0. The van der Waals surface area contributed by atoms with Gasteiger partial charge in [-0.25, -0.2) is 0 Å². The highest BCUT2D eigenvalue weighted by atomic mass is 16.4. The molecule has 1 amide bonds. The van der Waals surface area contributed by atoms with Gasteiger partial charge in [-0.2, -0.15) is 0 Å². The van der Waals surface area contributed by atoms with E-state index in [9.17, 15) is 9.59 Å². The molecule has 1 atom stereocenters. The Morgan fingerprint density at radius 2 is 1.82 bits per heavy atom. The van der Waals surface area contributed by atoms with E-state index < -0.39 is 12.0 Å². The highest BCUT2D eigenvalue weighted by Gasteiger charge is 2.18. The van der Waals surface area contributed by atoms with Crippen molar-refractivity contribution in [1.82, 2.24) is 10.2 Å². The predicted molar refractivity (Wildman–Crippen MR) is 89.9 cm³/mol. The van der Waals surface area contributed by atoms with E-state index in [1.807, 2.05) is 0 Å². The molecule has 22 heavy (non-hydrogen) atoms. The molecule has 0 radical (unpaired) electrons. The summed E-state index contributed by atoms with van der Waals surface area (Å²) in [4.78, 5) is 24.3. The zero-order chi connectivity index (χ0) is 16.8. The predicted octanol–water partition coefficient (Wildman–Crippen LogP) is 2.81. The molecule has 0 unspecified atom stereocenters. The highest BCUT2D eigenvalue weighted by molar-refractivity contribution is 5.76. The van der Waals surface area contributed by atoms with Gasteiger partial charge < -0.3 is 10.4 Å². The molecule has 0 aliphatic carbocycles. The number of nitrogens with zero attached hydrogens (tertiary/aromatic N) is 1. The molecule has 0 aromatic heterocycles. The number of amides is 1. The smallest absolute Gasteiger partial charge is 0.320 e. The van der Waals surface area contributed by atoms with Gasteiger partial charge in [-0.15, -0.1) is 0 Å². The van der Waals surface area contributed by atoms with Gasteiger partial charge in [-0.1, -0.05) is 31.9 Å². The van der Waals surface area contributed by atoms with Crippen LogP contribution >= 0.6 is 0 Å². The summed E-state index contributed by atoms with van der Waals surface area (Å²) >= 11 is 0. The lowest BCUT2D eigenvalue weighted by Gasteiger charge is -2.19. The van der Waals surface area contributed by atoms with Crippen molar-refractivity contribution in [1.29, 1.82) is 0 Å². The average Bonchev–Trinajstić information content (AvgIpc) is 2.45. The van der Waals surface area contributed by atoms with Crippen LogP contribution in [-0.4, -0.2) is 48.6 Å². The summed E-state index contributed by atoms with van der Waals surface area (Å²) in [6.07, 6.45) is 11.2. The minimum Gasteiger partial charge on any atom is -0.480 e. The van der Waals surface area contributed by atoms with E-state index in [4.69, 9.17) is 5.11 Å². The van der Waals surface area contributed by atoms with E-state index >= 15 is 0 Å². The van der Waals surface area contributed by atoms with Crippen LogP contribution in [0.3, 0.4) is 0 Å². The van der Waals surface area contributed by atoms with E-state index in [2.05, 4.69) is 24.4 Å². The molecule has 0 aromatic carbocycles. The molecule has 0 saturated heterocycles. The fourth-order valence-electron chi connectivity index (χ4n) is 2.15. The van der Waals surface area contributed by atoms with E-state index in [1.165, 1.54) is 12.8 Å². The number of hydrogen-bond donors (Lipinski definition) is 2. The third kappa shape index (κ3) is 11.3. The number of rotatable bonds is 13. The van der Waals surface area contributed by atoms with Crippen molar-refractivity contribution >= 4 is 11.9 Å². The normalized spacial score (nSPS) is 12.7. The summed E-state index contributed by atoms with van der Waals surface area (Å²) in [6, 6.07) is -0.441. The molecule has 0 aliphatic heterocycles. The molecule has 0 rings (SSSR count). The third-order valence-corrected chi connectivity index (χ3v) is 3.56. The highest BCUT2D eigenvalue weighted by Crippen LogP contribution is 2.06. The number of hydrogen-bond acceptors (Lipinski definition) is 3. The lowest BCUT2D eigenvalue weighted by atomic mass is 10.1. The summed E-state index contributed by atoms with van der Waals surface area (Å²) in [6.45, 7) is 2.79. The van der Waals surface area contributed by atoms with Gasteiger partial charge in [-0.3, -0.25) is 14.5 Å². The van der Waals surface area contributed by atoms with Crippen LogP contribution in [0.5, 0.6) is 0 Å². The lowest BCUT2D eigenvalue weighted by molar-refractivity contribution is -0.142. The second kappa shape index (κ2) is 13.3. The minimum atomic E-state index is -0.788. The molecule has 128 valence electrons. The molecule has 0 aliphatic rings. The molecule has 5 nitrogen and oxygen atoms in total. The molecular weight excluding hydrogens is 280 g/mol. The maximum absolute atomic E-state index is 11.6. The van der Waals surface area contributed by atoms with Crippen LogP contribution in [0.15, 0.2) is 12.2 Å². The first-order chi connectivity index (χ1) is 10.5. The van der Waals surface area contributed by atoms with Gasteiger partial charge in [0.15, 0.2) is 0 Å². The molecule has 2 N–H and O–H groups in total. The number of aliphatic carboxylic acids is 1. The van der Waals surface area contributed by atoms with Gasteiger partial charge in [0.05, 0.1) is 0 Å². The molecule has 0 spiro atoms. The Kier molecular flexibility index (Phi) is 12.5. The van der Waals surface area contributed by atoms with E-state index in [0.717, 1.165) is 25.7 Å². The summed E-state index contributed by atoms with van der Waals surface area (Å²) in [7, 11) is 3.54. The zero-order valence-electron chi connectivity index (χ0n) is 14.3. The maximum Gasteiger partial charge on any atom is 0.320 e. The minimum absolute atomic E-state index is 0.0718. The molecule has 5 heteroatoms. The van der Waals surface area contributed by atoms with Gasteiger partial charge in [0.2, 0.25) is 5.91 Å². The van der Waals surface area contributed by atoms with Gasteiger partial charge in [-0.05, 0) is 46.2 Å². The first kappa shape index (κ1) is 20.6. The lowest BCUT2D eigenvalue weighted by Crippen LogP contribution is -2.35. The Bertz CT molecular complexity index is 341. The van der Waals surface area contributed by atoms with Gasteiger partial charge in [0, 0.05) is 13.0 Å². The van der Waals surface area contributed by atoms with Crippen molar-refractivity contribution < 1.29 is 14.7 Å². The number of likely N-dealkylation sites (N-methyl/N-ethyl adjacent to an activating group) is 1. The second-order valence-electron chi connectivity index (χ2n) is 5.82. The maximum atomic E-state index is 11.6. The average molecular weight is 312 g/mol. The Labute approximate surface area is 134 Å². The first-order valence-electron chi connectivity index (χ1n) is 8.30. The van der Waals surface area contributed by atoms with Gasteiger partial charge in [0.1, 0.15) is 6.04 Å². The number of carbonyl (C=O) groups excluding carboxylic acids is 1. The standard InChI is InChI=1S/C17H32N2O3/c1-4-5-6-7-8-9-13-16(20)18-14-11-10-12-15(17(21)22)19(2)3/h7-8,15H,4-6,9-14H2,1-3H3,(H,18,20)(H,21,22)/b8-7+/t15-/m0/s1. The van der Waals surface area contributed by atoms with Crippen molar-refractivity contribution in [2.75, 3.05) is 20.6 Å². The van der Waals surface area contributed by atoms with Crippen LogP contribution in [0.2, 0.25) is 0 Å². The summed E-state index contributed by atoms with van der Waals surface area (Å²) in [5.74, 6) is -0.716. The summed E-state index contributed by atoms with van der Waals surface area (Å²) in [5, 5.41) is 11.9. The van der Waals surface area contributed by atoms with Crippen molar-refractivity contribution in [2.45, 2.75) is 64.3 Å². The fourth-order valence-corrected chi connectivity index (χ4v) is 2.15. The summed E-state index contributed by atoms with van der Waals surface area (Å²) < 4.78 is 0. The molecule has 0 fully saturated rings. The number of nitrogens with one attached hydrogen (secondary N) is 1. The van der Waals surface area contributed by atoms with E-state index in [-0.39, 0.29) is 5.91 Å². The molecular formula is C17H32N2O3. The number of carbonyl (C=O) groups is 2. The van der Waals surface area contributed by atoms with Crippen molar-refractivity contribution in [3.63, 3.8) is 0 Å². The number of carboxylic acids is 1. The number of unbranched alkanes of at least 4 members (excludes halogenated alkanes) is 3. The Hall–Kier alpha value is -1.36. The van der Waals surface area contributed by atoms with E-state index in [0.29, 0.717) is 19.4 Å². The van der Waals surface area contributed by atoms with Crippen molar-refractivity contribution in [2.24, 2.45) is 0 Å². The molecule has 0 saturated carbocycles. The molecule has 0 aromatic rings. The van der Waals surface area contributed by atoms with E-state index in [1.54, 1.807) is 19.0 Å². The van der Waals surface area contributed by atoms with Crippen LogP contribution in [0, 0.1) is 0 Å². The second-order valence-corrected chi connectivity index (χ2v) is 5.82.